The van der Waals surface area contributed by atoms with Crippen molar-refractivity contribution in [1.29, 1.82) is 0 Å². The summed E-state index contributed by atoms with van der Waals surface area (Å²) in [5.74, 6) is 0. The van der Waals surface area contributed by atoms with E-state index in [2.05, 4.69) is 17.4 Å². The van der Waals surface area contributed by atoms with Crippen LogP contribution in [0.5, 0.6) is 0 Å². The summed E-state index contributed by atoms with van der Waals surface area (Å²) < 4.78 is 150. The van der Waals surface area contributed by atoms with Gasteiger partial charge in [0.2, 0.25) is 0 Å². The van der Waals surface area contributed by atoms with Crippen LogP contribution in [0.25, 0.3) is 0 Å². The third-order valence-corrected chi connectivity index (χ3v) is 3.97. The van der Waals surface area contributed by atoms with E-state index in [-0.39, 0.29) is 0 Å². The Balaban J connectivity index is 5.15. The van der Waals surface area contributed by atoms with Crippen LogP contribution >= 0.6 is 9.95 Å². The van der Waals surface area contributed by atoms with E-state index >= 15 is 0 Å². The molecule has 0 aliphatic heterocycles. The molecule has 0 saturated carbocycles. The van der Waals surface area contributed by atoms with Gasteiger partial charge in [-0.2, -0.15) is 0 Å². The molecular weight excluding hydrogens is 442 g/mol. The average Bonchev–Trinajstić information content (AvgIpc) is 2.15. The first-order valence-electron chi connectivity index (χ1n) is 4.43. The van der Waals surface area contributed by atoms with Crippen LogP contribution in [0, 0.1) is 0 Å². The first-order valence-corrected chi connectivity index (χ1v) is 8.43. The Morgan fingerprint density at radius 3 is 0.864 bits per heavy atom. The van der Waals surface area contributed by atoms with Gasteiger partial charge in [-0.15, -0.1) is 0 Å². The quantitative estimate of drug-likeness (QED) is 0.477. The van der Waals surface area contributed by atoms with Crippen molar-refractivity contribution < 1.29 is 60.1 Å². The maximum atomic E-state index is 12.0. The molecule has 0 aromatic rings. The molecule has 0 fully saturated rings. The van der Waals surface area contributed by atoms with Crippen LogP contribution in [0.1, 0.15) is 0 Å². The standard InChI is InChI=1S/C6H2AsClF12O2/c8-7(21-1(3(9,10)11)4(12,13)14)22-2(5(15,16)17)6(18,19)20/h1-2H. The van der Waals surface area contributed by atoms with Gasteiger partial charge in [0.1, 0.15) is 0 Å². The second-order valence-corrected chi connectivity index (χ2v) is 6.56. The van der Waals surface area contributed by atoms with E-state index in [0.717, 1.165) is 0 Å². The zero-order valence-corrected chi connectivity index (χ0v) is 12.0. The Kier molecular flexibility index (Phi) is 6.79. The van der Waals surface area contributed by atoms with Crippen molar-refractivity contribution >= 4 is 24.3 Å². The molecule has 0 aliphatic carbocycles. The molecule has 22 heavy (non-hydrogen) atoms. The number of halogens is 13. The van der Waals surface area contributed by atoms with Gasteiger partial charge in [0.25, 0.3) is 0 Å². The fourth-order valence-corrected chi connectivity index (χ4v) is 3.43. The molecule has 2 nitrogen and oxygen atoms in total. The van der Waals surface area contributed by atoms with Gasteiger partial charge in [-0.25, -0.2) is 0 Å². The summed E-state index contributed by atoms with van der Waals surface area (Å²) in [6, 6.07) is 0. The molecule has 0 radical (unpaired) electrons. The topological polar surface area (TPSA) is 18.5 Å². The molecule has 0 atom stereocenters. The van der Waals surface area contributed by atoms with Gasteiger partial charge in [-0.1, -0.05) is 0 Å². The number of hydrogen-bond donors (Lipinski definition) is 0. The predicted octanol–water partition coefficient (Wildman–Crippen LogP) is 4.23. The van der Waals surface area contributed by atoms with E-state index in [9.17, 15) is 52.7 Å². The van der Waals surface area contributed by atoms with Crippen LogP contribution in [0.15, 0.2) is 0 Å². The zero-order chi connectivity index (χ0) is 18.1. The van der Waals surface area contributed by atoms with Gasteiger partial charge in [-0.3, -0.25) is 0 Å². The minimum absolute atomic E-state index is 3.04. The van der Waals surface area contributed by atoms with E-state index < -0.39 is 51.3 Å². The molecule has 0 amide bonds. The van der Waals surface area contributed by atoms with Crippen LogP contribution in [-0.4, -0.2) is 51.3 Å². The van der Waals surface area contributed by atoms with E-state index in [1.807, 2.05) is 0 Å². The summed E-state index contributed by atoms with van der Waals surface area (Å²) in [5, 5.41) is 0. The first-order chi connectivity index (χ1) is 9.37. The third-order valence-electron chi connectivity index (χ3n) is 1.57. The Bertz CT molecular complexity index is 297. The van der Waals surface area contributed by atoms with Gasteiger partial charge in [0.05, 0.1) is 0 Å². The minimum atomic E-state index is -6.16. The second-order valence-electron chi connectivity index (χ2n) is 3.35. The van der Waals surface area contributed by atoms with Crippen molar-refractivity contribution in [2.24, 2.45) is 0 Å². The Morgan fingerprint density at radius 2 is 0.727 bits per heavy atom. The second kappa shape index (κ2) is 6.81. The Hall–Kier alpha value is -0.0716. The van der Waals surface area contributed by atoms with Crippen LogP contribution in [-0.2, 0) is 7.45 Å². The van der Waals surface area contributed by atoms with Crippen LogP contribution in [0.4, 0.5) is 52.7 Å². The van der Waals surface area contributed by atoms with E-state index in [0.29, 0.717) is 0 Å². The molecule has 0 rings (SSSR count). The third kappa shape index (κ3) is 7.00. The van der Waals surface area contributed by atoms with E-state index in [4.69, 9.17) is 0 Å². The summed E-state index contributed by atoms with van der Waals surface area (Å²) in [7, 11) is 4.60. The molecular formula is C6H2AsClF12O2. The molecule has 0 spiro atoms. The molecule has 0 aliphatic rings. The van der Waals surface area contributed by atoms with Crippen molar-refractivity contribution in [1.82, 2.24) is 0 Å². The molecule has 16 heteroatoms. The van der Waals surface area contributed by atoms with Crippen molar-refractivity contribution in [3.05, 3.63) is 0 Å². The molecule has 0 bridgehead atoms. The fourth-order valence-electron chi connectivity index (χ4n) is 0.801. The van der Waals surface area contributed by atoms with Crippen LogP contribution < -0.4 is 0 Å². The summed E-state index contributed by atoms with van der Waals surface area (Å²) in [6.45, 7) is 0. The predicted molar refractivity (Wildman–Crippen MR) is 45.6 cm³/mol. The number of rotatable bonds is 4. The average molecular weight is 444 g/mol. The van der Waals surface area contributed by atoms with Gasteiger partial charge in [-0.05, 0) is 0 Å². The maximum absolute atomic E-state index is 12.0. The van der Waals surface area contributed by atoms with Gasteiger partial charge < -0.3 is 0 Å². The molecule has 0 aromatic carbocycles. The van der Waals surface area contributed by atoms with Crippen LogP contribution in [0.2, 0.25) is 0 Å². The van der Waals surface area contributed by atoms with Gasteiger partial charge in [0, 0.05) is 0 Å². The van der Waals surface area contributed by atoms with Gasteiger partial charge in [0.15, 0.2) is 0 Å². The molecule has 0 N–H and O–H groups in total. The zero-order valence-electron chi connectivity index (χ0n) is 9.33. The Morgan fingerprint density at radius 1 is 0.545 bits per heavy atom. The summed E-state index contributed by atoms with van der Waals surface area (Å²) in [5.41, 5.74) is 0. The fraction of sp³-hybridized carbons (Fsp3) is 1.00. The molecule has 134 valence electrons. The van der Waals surface area contributed by atoms with E-state index in [1.165, 1.54) is 0 Å². The molecule has 0 aromatic heterocycles. The molecule has 0 heterocycles. The molecule has 0 saturated heterocycles. The van der Waals surface area contributed by atoms with Crippen LogP contribution in [0.3, 0.4) is 0 Å². The SMILES string of the molecule is FC(F)(F)C(O[As](Cl)OC(C(F)(F)F)C(F)(F)F)C(F)(F)F. The van der Waals surface area contributed by atoms with Crippen molar-refractivity contribution in [2.45, 2.75) is 36.9 Å². The summed E-state index contributed by atoms with van der Waals surface area (Å²) in [4.78, 5) is 0. The Labute approximate surface area is 122 Å². The monoisotopic (exact) mass is 444 g/mol. The summed E-state index contributed by atoms with van der Waals surface area (Å²) >= 11 is -5.20. The summed E-state index contributed by atoms with van der Waals surface area (Å²) in [6.07, 6.45) is -34.0. The van der Waals surface area contributed by atoms with Gasteiger partial charge >= 0.3 is 121 Å². The number of hydrogen-bond acceptors (Lipinski definition) is 2. The van der Waals surface area contributed by atoms with Crippen molar-refractivity contribution in [2.75, 3.05) is 0 Å². The van der Waals surface area contributed by atoms with E-state index in [1.54, 1.807) is 0 Å². The first kappa shape index (κ1) is 21.9. The number of alkyl halides is 12. The van der Waals surface area contributed by atoms with Crippen molar-refractivity contribution in [3.63, 3.8) is 0 Å². The van der Waals surface area contributed by atoms with Crippen molar-refractivity contribution in [3.8, 4) is 0 Å². The normalized spacial score (nSPS) is 15.3. The molecule has 0 unspecified atom stereocenters.